The monoisotopic (exact) mass is 369 g/mol. The van der Waals surface area contributed by atoms with Crippen LogP contribution in [0.5, 0.6) is 5.75 Å². The Morgan fingerprint density at radius 3 is 2.80 bits per heavy atom. The van der Waals surface area contributed by atoms with E-state index < -0.39 is 17.3 Å². The Morgan fingerprint density at radius 1 is 1.48 bits per heavy atom. The molecule has 0 spiro atoms. The van der Waals surface area contributed by atoms with Gasteiger partial charge in [0.05, 0.1) is 17.5 Å². The molecule has 138 valence electrons. The Bertz CT molecular complexity index is 671. The molecule has 3 rings (SSSR count). The highest BCUT2D eigenvalue weighted by Gasteiger charge is 2.39. The fourth-order valence-electron chi connectivity index (χ4n) is 3.91. The number of ether oxygens (including phenoxy) is 2. The number of carbonyl (C=O) groups is 1. The minimum Gasteiger partial charge on any atom is -0.484 e. The Morgan fingerprint density at radius 2 is 2.16 bits per heavy atom. The predicted octanol–water partition coefficient (Wildman–Crippen LogP) is 3.84. The first-order valence-corrected chi connectivity index (χ1v) is 9.29. The van der Waals surface area contributed by atoms with Crippen molar-refractivity contribution in [3.05, 3.63) is 28.0 Å². The summed E-state index contributed by atoms with van der Waals surface area (Å²) in [6.45, 7) is 7.56. The van der Waals surface area contributed by atoms with Crippen molar-refractivity contribution in [3.8, 4) is 5.75 Å². The predicted molar refractivity (Wildman–Crippen MR) is 94.8 cm³/mol. The molecule has 25 heavy (non-hydrogen) atoms. The molecule has 4 nitrogen and oxygen atoms in total. The number of nitrogens with one attached hydrogen (secondary N) is 1. The summed E-state index contributed by atoms with van der Waals surface area (Å²) in [6, 6.07) is 1.85. The first kappa shape index (κ1) is 18.5. The van der Waals surface area contributed by atoms with Gasteiger partial charge >= 0.3 is 5.97 Å². The number of fused-ring (bicyclic) bond motifs is 1. The molecular formula is C19H25ClFNO3. The van der Waals surface area contributed by atoms with Crippen molar-refractivity contribution in [1.29, 1.82) is 0 Å². The van der Waals surface area contributed by atoms with Crippen molar-refractivity contribution < 1.29 is 18.7 Å². The van der Waals surface area contributed by atoms with Crippen molar-refractivity contribution in [2.45, 2.75) is 51.6 Å². The molecule has 0 unspecified atom stereocenters. The molecule has 0 amide bonds. The minimum absolute atomic E-state index is 0.0203. The molecular weight excluding hydrogens is 345 g/mol. The normalized spacial score (nSPS) is 20.7. The third-order valence-electron chi connectivity index (χ3n) is 4.99. The number of carbonyl (C=O) groups excluding carboxylic acids is 1. The molecule has 1 fully saturated rings. The van der Waals surface area contributed by atoms with Crippen LogP contribution in [0.2, 0.25) is 5.02 Å². The summed E-state index contributed by atoms with van der Waals surface area (Å²) < 4.78 is 25.9. The van der Waals surface area contributed by atoms with Crippen LogP contribution in [0.25, 0.3) is 0 Å². The first-order valence-electron chi connectivity index (χ1n) is 8.91. The van der Waals surface area contributed by atoms with Crippen LogP contribution in [0.4, 0.5) is 4.39 Å². The third kappa shape index (κ3) is 3.63. The van der Waals surface area contributed by atoms with Crippen LogP contribution >= 0.6 is 11.6 Å². The topological polar surface area (TPSA) is 47.6 Å². The van der Waals surface area contributed by atoms with Crippen molar-refractivity contribution in [2.24, 2.45) is 5.92 Å². The summed E-state index contributed by atoms with van der Waals surface area (Å²) in [6.07, 6.45) is 2.26. The SMILES string of the molecule is CCOC(=O)[C@H](c1cc2c(c(F)c1Cl)OC(C)(C)C2)C1CCNCC1. The minimum atomic E-state index is -0.567. The lowest BCUT2D eigenvalue weighted by Gasteiger charge is -2.30. The van der Waals surface area contributed by atoms with Gasteiger partial charge < -0.3 is 14.8 Å². The summed E-state index contributed by atoms with van der Waals surface area (Å²) in [5.41, 5.74) is 0.828. The molecule has 1 atom stereocenters. The van der Waals surface area contributed by atoms with Gasteiger partial charge in [0.2, 0.25) is 0 Å². The zero-order chi connectivity index (χ0) is 18.2. The molecule has 6 heteroatoms. The van der Waals surface area contributed by atoms with Crippen LogP contribution in [0, 0.1) is 11.7 Å². The second-order valence-corrected chi connectivity index (χ2v) is 7.82. The average Bonchev–Trinajstić information content (AvgIpc) is 2.88. The maximum absolute atomic E-state index is 14.9. The van der Waals surface area contributed by atoms with Gasteiger partial charge in [-0.15, -0.1) is 0 Å². The van der Waals surface area contributed by atoms with Crippen molar-refractivity contribution in [3.63, 3.8) is 0 Å². The van der Waals surface area contributed by atoms with Crippen LogP contribution in [-0.4, -0.2) is 31.3 Å². The summed E-state index contributed by atoms with van der Waals surface area (Å²) in [5.74, 6) is -1.13. The second kappa shape index (κ2) is 7.12. The molecule has 0 aliphatic carbocycles. The molecule has 1 N–H and O–H groups in total. The number of hydrogen-bond acceptors (Lipinski definition) is 4. The van der Waals surface area contributed by atoms with Gasteiger partial charge in [-0.1, -0.05) is 11.6 Å². The molecule has 0 aromatic heterocycles. The summed E-state index contributed by atoms with van der Waals surface area (Å²) in [5, 5.41) is 3.27. The maximum atomic E-state index is 14.9. The van der Waals surface area contributed by atoms with Crippen molar-refractivity contribution >= 4 is 17.6 Å². The van der Waals surface area contributed by atoms with Gasteiger partial charge in [0, 0.05) is 12.0 Å². The molecule has 0 radical (unpaired) electrons. The lowest BCUT2D eigenvalue weighted by Crippen LogP contribution is -2.34. The first-order chi connectivity index (χ1) is 11.8. The van der Waals surface area contributed by atoms with Gasteiger partial charge in [0.15, 0.2) is 11.6 Å². The molecule has 2 aliphatic rings. The van der Waals surface area contributed by atoms with Crippen LogP contribution in [0.15, 0.2) is 6.07 Å². The van der Waals surface area contributed by atoms with Crippen LogP contribution in [-0.2, 0) is 16.0 Å². The summed E-state index contributed by atoms with van der Waals surface area (Å²) in [7, 11) is 0. The van der Waals surface area contributed by atoms with E-state index in [-0.39, 0.29) is 22.7 Å². The lowest BCUT2D eigenvalue weighted by atomic mass is 9.79. The number of esters is 1. The Labute approximate surface area is 153 Å². The molecule has 0 saturated carbocycles. The van der Waals surface area contributed by atoms with E-state index in [9.17, 15) is 9.18 Å². The largest absolute Gasteiger partial charge is 0.484 e. The van der Waals surface area contributed by atoms with E-state index >= 15 is 0 Å². The number of benzene rings is 1. The van der Waals surface area contributed by atoms with E-state index in [1.165, 1.54) is 0 Å². The fourth-order valence-corrected chi connectivity index (χ4v) is 4.16. The van der Waals surface area contributed by atoms with Crippen molar-refractivity contribution in [1.82, 2.24) is 5.32 Å². The Balaban J connectivity index is 2.04. The number of piperidine rings is 1. The van der Waals surface area contributed by atoms with E-state index in [0.29, 0.717) is 18.6 Å². The molecule has 1 saturated heterocycles. The van der Waals surface area contributed by atoms with Crippen LogP contribution in [0.3, 0.4) is 0 Å². The molecule has 0 bridgehead atoms. The molecule has 1 aromatic carbocycles. The Hall–Kier alpha value is -1.33. The highest BCUT2D eigenvalue weighted by atomic mass is 35.5. The zero-order valence-corrected chi connectivity index (χ0v) is 15.7. The molecule has 2 aliphatic heterocycles. The average molecular weight is 370 g/mol. The highest BCUT2D eigenvalue weighted by molar-refractivity contribution is 6.32. The number of hydrogen-bond donors (Lipinski definition) is 1. The molecule has 1 aromatic rings. The highest BCUT2D eigenvalue weighted by Crippen LogP contribution is 2.45. The van der Waals surface area contributed by atoms with Crippen LogP contribution < -0.4 is 10.1 Å². The quantitative estimate of drug-likeness (QED) is 0.819. The number of halogens is 2. The van der Waals surface area contributed by atoms with Gasteiger partial charge in [-0.25, -0.2) is 4.39 Å². The Kier molecular flexibility index (Phi) is 5.26. The van der Waals surface area contributed by atoms with E-state index in [2.05, 4.69) is 5.32 Å². The molecule has 2 heterocycles. The lowest BCUT2D eigenvalue weighted by molar-refractivity contribution is -0.146. The van der Waals surface area contributed by atoms with E-state index in [1.54, 1.807) is 6.92 Å². The van der Waals surface area contributed by atoms with E-state index in [4.69, 9.17) is 21.1 Å². The smallest absolute Gasteiger partial charge is 0.313 e. The number of rotatable bonds is 4. The summed E-state index contributed by atoms with van der Waals surface area (Å²) in [4.78, 5) is 12.7. The maximum Gasteiger partial charge on any atom is 0.313 e. The van der Waals surface area contributed by atoms with Gasteiger partial charge in [0.1, 0.15) is 5.60 Å². The third-order valence-corrected chi connectivity index (χ3v) is 5.38. The van der Waals surface area contributed by atoms with E-state index in [1.807, 2.05) is 19.9 Å². The standard InChI is InChI=1S/C19H25ClFNO3/c1-4-24-18(23)14(11-5-7-22-8-6-11)13-9-12-10-19(2,3)25-17(12)16(21)15(13)20/h9,11,14,22H,4-8,10H2,1-3H3/t14-/m0/s1. The fraction of sp³-hybridized carbons (Fsp3) is 0.632. The van der Waals surface area contributed by atoms with E-state index in [0.717, 1.165) is 31.5 Å². The van der Waals surface area contributed by atoms with Gasteiger partial charge in [-0.05, 0) is 64.3 Å². The zero-order valence-electron chi connectivity index (χ0n) is 15.0. The van der Waals surface area contributed by atoms with Gasteiger partial charge in [0.25, 0.3) is 0 Å². The van der Waals surface area contributed by atoms with Gasteiger partial charge in [-0.2, -0.15) is 0 Å². The van der Waals surface area contributed by atoms with Crippen LogP contribution in [0.1, 0.15) is 50.7 Å². The summed E-state index contributed by atoms with van der Waals surface area (Å²) >= 11 is 6.35. The van der Waals surface area contributed by atoms with Crippen molar-refractivity contribution in [2.75, 3.05) is 19.7 Å². The second-order valence-electron chi connectivity index (χ2n) is 7.44. The van der Waals surface area contributed by atoms with Gasteiger partial charge in [-0.3, -0.25) is 4.79 Å².